The molecule has 0 aliphatic heterocycles. The number of nitro groups is 2. The van der Waals surface area contributed by atoms with Crippen LogP contribution in [0.4, 0.5) is 22.7 Å². The zero-order valence-electron chi connectivity index (χ0n) is 11.7. The van der Waals surface area contributed by atoms with Crippen LogP contribution < -0.4 is 5.32 Å². The number of nitro benzene ring substituents is 2. The number of fused-ring (bicyclic) bond motifs is 1. The molecule has 0 saturated heterocycles. The number of nitrogens with one attached hydrogen (secondary N) is 1. The molecule has 0 fully saturated rings. The molecule has 10 nitrogen and oxygen atoms in total. The van der Waals surface area contributed by atoms with Crippen LogP contribution in [0.1, 0.15) is 0 Å². The molecule has 1 N–H and O–H groups in total. The summed E-state index contributed by atoms with van der Waals surface area (Å²) in [4.78, 5) is 21.0. The van der Waals surface area contributed by atoms with E-state index in [-0.39, 0.29) is 37.5 Å². The molecule has 0 bridgehead atoms. The van der Waals surface area contributed by atoms with Gasteiger partial charge in [0, 0.05) is 6.07 Å². The molecule has 0 radical (unpaired) electrons. The van der Waals surface area contributed by atoms with Gasteiger partial charge in [-0.1, -0.05) is 34.8 Å². The van der Waals surface area contributed by atoms with Crippen molar-refractivity contribution in [2.24, 2.45) is 0 Å². The smallest absolute Gasteiger partial charge is 0.324 e. The van der Waals surface area contributed by atoms with Crippen LogP contribution in [-0.2, 0) is 0 Å². The molecular weight excluding hydrogens is 401 g/mol. The van der Waals surface area contributed by atoms with E-state index >= 15 is 0 Å². The lowest BCUT2D eigenvalue weighted by Crippen LogP contribution is -2.00. The molecule has 128 valence electrons. The van der Waals surface area contributed by atoms with Crippen LogP contribution in [0.5, 0.6) is 0 Å². The average Bonchev–Trinajstić information content (AvgIpc) is 2.99. The van der Waals surface area contributed by atoms with E-state index in [4.69, 9.17) is 34.8 Å². The minimum absolute atomic E-state index is 0.00657. The fourth-order valence-corrected chi connectivity index (χ4v) is 2.82. The molecule has 3 aromatic rings. The van der Waals surface area contributed by atoms with Crippen molar-refractivity contribution in [3.63, 3.8) is 0 Å². The number of anilines is 2. The highest BCUT2D eigenvalue weighted by Crippen LogP contribution is 2.41. The van der Waals surface area contributed by atoms with Crippen molar-refractivity contribution in [3.8, 4) is 0 Å². The van der Waals surface area contributed by atoms with E-state index < -0.39 is 21.2 Å². The van der Waals surface area contributed by atoms with Gasteiger partial charge in [0.15, 0.2) is 5.52 Å². The Bertz CT molecular complexity index is 1040. The lowest BCUT2D eigenvalue weighted by Gasteiger charge is -2.10. The summed E-state index contributed by atoms with van der Waals surface area (Å²) in [5.41, 5.74) is -1.16. The zero-order valence-corrected chi connectivity index (χ0v) is 14.0. The second-order valence-electron chi connectivity index (χ2n) is 4.64. The molecule has 1 aromatic heterocycles. The molecule has 25 heavy (non-hydrogen) atoms. The molecule has 0 spiro atoms. The quantitative estimate of drug-likeness (QED) is 0.486. The number of halogens is 3. The standard InChI is InChI=1S/C12H4Cl3N5O5/c13-4-1-5(14)9(19(21)22)3-7(4)16-8-2-6(15)10-11(18-25-17-10)12(8)20(23)24/h1-3,16H. The summed E-state index contributed by atoms with van der Waals surface area (Å²) in [6.07, 6.45) is 0. The van der Waals surface area contributed by atoms with Crippen molar-refractivity contribution >= 4 is 68.6 Å². The van der Waals surface area contributed by atoms with Gasteiger partial charge < -0.3 is 5.32 Å². The maximum absolute atomic E-state index is 11.4. The van der Waals surface area contributed by atoms with E-state index in [0.29, 0.717) is 0 Å². The van der Waals surface area contributed by atoms with Gasteiger partial charge in [0.25, 0.3) is 5.69 Å². The fourth-order valence-electron chi connectivity index (χ4n) is 2.09. The van der Waals surface area contributed by atoms with Crippen LogP contribution in [0.15, 0.2) is 22.8 Å². The molecule has 1 heterocycles. The van der Waals surface area contributed by atoms with Crippen molar-refractivity contribution in [1.29, 1.82) is 0 Å². The highest BCUT2D eigenvalue weighted by atomic mass is 35.5. The molecule has 0 saturated carbocycles. The van der Waals surface area contributed by atoms with E-state index in [9.17, 15) is 20.2 Å². The van der Waals surface area contributed by atoms with Gasteiger partial charge in [-0.25, -0.2) is 4.63 Å². The van der Waals surface area contributed by atoms with Crippen LogP contribution in [0.2, 0.25) is 15.1 Å². The Morgan fingerprint density at radius 1 is 0.880 bits per heavy atom. The number of hydrogen-bond acceptors (Lipinski definition) is 8. The third kappa shape index (κ3) is 3.02. The number of benzene rings is 2. The highest BCUT2D eigenvalue weighted by Gasteiger charge is 2.26. The molecule has 3 rings (SSSR count). The Morgan fingerprint density at radius 3 is 2.20 bits per heavy atom. The molecule has 0 unspecified atom stereocenters. The summed E-state index contributed by atoms with van der Waals surface area (Å²) < 4.78 is 4.48. The predicted octanol–water partition coefficient (Wildman–Crippen LogP) is 4.74. The van der Waals surface area contributed by atoms with Crippen LogP contribution in [0.3, 0.4) is 0 Å². The number of rotatable bonds is 4. The summed E-state index contributed by atoms with van der Waals surface area (Å²) in [7, 11) is 0. The molecule has 0 aliphatic rings. The van der Waals surface area contributed by atoms with Gasteiger partial charge >= 0.3 is 5.69 Å². The molecule has 0 aliphatic carbocycles. The minimum Gasteiger partial charge on any atom is -0.348 e. The lowest BCUT2D eigenvalue weighted by atomic mass is 10.2. The van der Waals surface area contributed by atoms with Crippen LogP contribution >= 0.6 is 34.8 Å². The highest BCUT2D eigenvalue weighted by molar-refractivity contribution is 6.38. The molecule has 2 aromatic carbocycles. The van der Waals surface area contributed by atoms with Gasteiger partial charge in [-0.05, 0) is 22.4 Å². The third-order valence-corrected chi connectivity index (χ3v) is 4.05. The fraction of sp³-hybridized carbons (Fsp3) is 0. The second-order valence-corrected chi connectivity index (χ2v) is 5.86. The maximum Gasteiger partial charge on any atom is 0.324 e. The van der Waals surface area contributed by atoms with Crippen molar-refractivity contribution < 1.29 is 14.5 Å². The normalized spacial score (nSPS) is 10.8. The largest absolute Gasteiger partial charge is 0.348 e. The number of nitrogens with zero attached hydrogens (tertiary/aromatic N) is 4. The topological polar surface area (TPSA) is 137 Å². The first-order chi connectivity index (χ1) is 11.8. The van der Waals surface area contributed by atoms with Crippen molar-refractivity contribution in [2.75, 3.05) is 5.32 Å². The predicted molar refractivity (Wildman–Crippen MR) is 89.9 cm³/mol. The summed E-state index contributed by atoms with van der Waals surface area (Å²) >= 11 is 17.8. The van der Waals surface area contributed by atoms with Gasteiger partial charge in [0.05, 0.1) is 25.6 Å². The van der Waals surface area contributed by atoms with E-state index in [1.54, 1.807) is 0 Å². The number of aromatic nitrogens is 2. The van der Waals surface area contributed by atoms with Crippen LogP contribution in [-0.4, -0.2) is 20.2 Å². The Kier molecular flexibility index (Phi) is 4.33. The van der Waals surface area contributed by atoms with E-state index in [1.807, 2.05) is 0 Å². The summed E-state index contributed by atoms with van der Waals surface area (Å²) in [6.45, 7) is 0. The SMILES string of the molecule is O=[N+]([O-])c1cc(Nc2cc(Cl)c3nonc3c2[N+](=O)[O-])c(Cl)cc1Cl. The van der Waals surface area contributed by atoms with E-state index in [1.165, 1.54) is 6.07 Å². The van der Waals surface area contributed by atoms with Gasteiger partial charge in [0.2, 0.25) is 5.52 Å². The minimum atomic E-state index is -0.719. The Hall–Kier alpha value is -2.69. The first-order valence-electron chi connectivity index (χ1n) is 6.29. The van der Waals surface area contributed by atoms with Crippen molar-refractivity contribution in [2.45, 2.75) is 0 Å². The van der Waals surface area contributed by atoms with E-state index in [0.717, 1.165) is 12.1 Å². The molecule has 13 heteroatoms. The third-order valence-electron chi connectivity index (χ3n) is 3.15. The molecule has 0 amide bonds. The van der Waals surface area contributed by atoms with Crippen molar-refractivity contribution in [1.82, 2.24) is 10.3 Å². The lowest BCUT2D eigenvalue weighted by molar-refractivity contribution is -0.384. The summed E-state index contributed by atoms with van der Waals surface area (Å²) in [5.74, 6) is 0. The van der Waals surface area contributed by atoms with Crippen LogP contribution in [0, 0.1) is 20.2 Å². The number of hydrogen-bond donors (Lipinski definition) is 1. The zero-order chi connectivity index (χ0) is 18.3. The van der Waals surface area contributed by atoms with Crippen molar-refractivity contribution in [3.05, 3.63) is 53.5 Å². The Morgan fingerprint density at radius 2 is 1.56 bits per heavy atom. The first-order valence-corrected chi connectivity index (χ1v) is 7.42. The first kappa shape index (κ1) is 17.1. The van der Waals surface area contributed by atoms with Gasteiger partial charge in [-0.15, -0.1) is 0 Å². The summed E-state index contributed by atoms with van der Waals surface area (Å²) in [6, 6.07) is 3.41. The monoisotopic (exact) mass is 403 g/mol. The van der Waals surface area contributed by atoms with Crippen LogP contribution in [0.25, 0.3) is 11.0 Å². The van der Waals surface area contributed by atoms with Gasteiger partial charge in [-0.3, -0.25) is 20.2 Å². The summed E-state index contributed by atoms with van der Waals surface area (Å²) in [5, 5.41) is 31.9. The van der Waals surface area contributed by atoms with Gasteiger partial charge in [0.1, 0.15) is 10.7 Å². The molecular formula is C12H4Cl3N5O5. The Labute approximate surface area is 152 Å². The molecule has 0 atom stereocenters. The van der Waals surface area contributed by atoms with Gasteiger partial charge in [-0.2, -0.15) is 0 Å². The maximum atomic E-state index is 11.4. The van der Waals surface area contributed by atoms with E-state index in [2.05, 4.69) is 20.3 Å². The average molecular weight is 405 g/mol. The Balaban J connectivity index is 2.19. The second kappa shape index (κ2) is 6.31.